The molecule has 1 aromatic carbocycles. The molecule has 110 valence electrons. The van der Waals surface area contributed by atoms with Crippen LogP contribution in [0.4, 0.5) is 0 Å². The van der Waals surface area contributed by atoms with Crippen LogP contribution in [0.1, 0.15) is 29.1 Å². The van der Waals surface area contributed by atoms with E-state index in [0.29, 0.717) is 10.6 Å². The molecule has 0 spiro atoms. The predicted octanol–water partition coefficient (Wildman–Crippen LogP) is 4.49. The van der Waals surface area contributed by atoms with E-state index in [0.717, 1.165) is 21.5 Å². The summed E-state index contributed by atoms with van der Waals surface area (Å²) in [5.74, 6) is 1.38. The zero-order valence-corrected chi connectivity index (χ0v) is 14.2. The zero-order valence-electron chi connectivity index (χ0n) is 11.8. The minimum atomic E-state index is -0.218. The Morgan fingerprint density at radius 2 is 2.19 bits per heavy atom. The number of hydrogen-bond donors (Lipinski definition) is 0. The quantitative estimate of drug-likeness (QED) is 0.748. The van der Waals surface area contributed by atoms with Gasteiger partial charge in [0.15, 0.2) is 18.1 Å². The number of carbonyl (C=O) groups is 1. The maximum absolute atomic E-state index is 12.1. The first-order chi connectivity index (χ1) is 9.94. The maximum atomic E-state index is 12.1. The normalized spacial score (nSPS) is 15.4. The SMILES string of the molecule is CC1(C)Cc2cccc(OCC(=O)c3ccc(Br)s3)c2O1. The molecule has 2 heterocycles. The molecule has 2 aromatic rings. The van der Waals surface area contributed by atoms with Gasteiger partial charge in [-0.05, 0) is 48.0 Å². The molecule has 0 radical (unpaired) electrons. The van der Waals surface area contributed by atoms with Gasteiger partial charge in [-0.2, -0.15) is 0 Å². The average molecular weight is 367 g/mol. The standard InChI is InChI=1S/C16H15BrO3S/c1-16(2)8-10-4-3-5-12(15(10)20-16)19-9-11(18)13-6-7-14(17)21-13/h3-7H,8-9H2,1-2H3. The molecule has 3 nitrogen and oxygen atoms in total. The van der Waals surface area contributed by atoms with Crippen molar-refractivity contribution in [1.29, 1.82) is 0 Å². The number of Topliss-reactive ketones (excluding diaryl/α,β-unsaturated/α-hetero) is 1. The summed E-state index contributed by atoms with van der Waals surface area (Å²) >= 11 is 4.77. The van der Waals surface area contributed by atoms with Crippen molar-refractivity contribution in [3.05, 3.63) is 44.6 Å². The van der Waals surface area contributed by atoms with Crippen LogP contribution < -0.4 is 9.47 Å². The molecule has 0 fully saturated rings. The highest BCUT2D eigenvalue weighted by Crippen LogP contribution is 2.41. The summed E-state index contributed by atoms with van der Waals surface area (Å²) in [5.41, 5.74) is 0.911. The topological polar surface area (TPSA) is 35.5 Å². The van der Waals surface area contributed by atoms with Gasteiger partial charge in [0.25, 0.3) is 0 Å². The number of ether oxygens (including phenoxy) is 2. The maximum Gasteiger partial charge on any atom is 0.210 e. The van der Waals surface area contributed by atoms with Crippen LogP contribution >= 0.6 is 27.3 Å². The number of para-hydroxylation sites is 1. The van der Waals surface area contributed by atoms with Gasteiger partial charge < -0.3 is 9.47 Å². The molecule has 5 heteroatoms. The number of ketones is 1. The second-order valence-corrected chi connectivity index (χ2v) is 8.06. The summed E-state index contributed by atoms with van der Waals surface area (Å²) in [6, 6.07) is 9.48. The molecule has 1 aliphatic rings. The van der Waals surface area contributed by atoms with Crippen LogP contribution in [0.2, 0.25) is 0 Å². The van der Waals surface area contributed by atoms with E-state index in [1.54, 1.807) is 6.07 Å². The second-order valence-electron chi connectivity index (χ2n) is 5.60. The van der Waals surface area contributed by atoms with Crippen molar-refractivity contribution in [1.82, 2.24) is 0 Å². The first-order valence-electron chi connectivity index (χ1n) is 6.67. The predicted molar refractivity (Wildman–Crippen MR) is 86.7 cm³/mol. The van der Waals surface area contributed by atoms with Gasteiger partial charge in [-0.1, -0.05) is 12.1 Å². The number of halogens is 1. The molecule has 0 aliphatic carbocycles. The van der Waals surface area contributed by atoms with E-state index in [9.17, 15) is 4.79 Å². The van der Waals surface area contributed by atoms with E-state index < -0.39 is 0 Å². The van der Waals surface area contributed by atoms with E-state index >= 15 is 0 Å². The van der Waals surface area contributed by atoms with E-state index in [-0.39, 0.29) is 18.0 Å². The van der Waals surface area contributed by atoms with E-state index in [4.69, 9.17) is 9.47 Å². The summed E-state index contributed by atoms with van der Waals surface area (Å²) in [7, 11) is 0. The fraction of sp³-hybridized carbons (Fsp3) is 0.312. The van der Waals surface area contributed by atoms with Crippen LogP contribution in [0.5, 0.6) is 11.5 Å². The van der Waals surface area contributed by atoms with Gasteiger partial charge in [0, 0.05) is 12.0 Å². The minimum absolute atomic E-state index is 0.0210. The number of carbonyl (C=O) groups excluding carboxylic acids is 1. The summed E-state index contributed by atoms with van der Waals surface area (Å²) in [5, 5.41) is 0. The molecule has 0 unspecified atom stereocenters. The molecule has 0 amide bonds. The van der Waals surface area contributed by atoms with Crippen LogP contribution in [0.3, 0.4) is 0 Å². The highest BCUT2D eigenvalue weighted by molar-refractivity contribution is 9.11. The first kappa shape index (κ1) is 14.6. The number of benzene rings is 1. The lowest BCUT2D eigenvalue weighted by Gasteiger charge is -2.18. The Bertz CT molecular complexity index is 691. The Hall–Kier alpha value is -1.33. The molecular weight excluding hydrogens is 352 g/mol. The van der Waals surface area contributed by atoms with Gasteiger partial charge in [0.2, 0.25) is 5.78 Å². The lowest BCUT2D eigenvalue weighted by atomic mass is 10.0. The lowest BCUT2D eigenvalue weighted by Crippen LogP contribution is -2.24. The summed E-state index contributed by atoms with van der Waals surface area (Å²) < 4.78 is 12.6. The smallest absolute Gasteiger partial charge is 0.210 e. The van der Waals surface area contributed by atoms with Crippen molar-refractivity contribution in [3.63, 3.8) is 0 Å². The Labute approximate surface area is 136 Å². The Morgan fingerprint density at radius 1 is 1.38 bits per heavy atom. The third-order valence-electron chi connectivity index (χ3n) is 3.26. The lowest BCUT2D eigenvalue weighted by molar-refractivity contribution is 0.0916. The average Bonchev–Trinajstić information content (AvgIpc) is 2.97. The Morgan fingerprint density at radius 3 is 2.90 bits per heavy atom. The molecule has 0 saturated carbocycles. The van der Waals surface area contributed by atoms with E-state index in [1.165, 1.54) is 11.3 Å². The number of fused-ring (bicyclic) bond motifs is 1. The molecule has 0 bridgehead atoms. The van der Waals surface area contributed by atoms with Crippen molar-refractivity contribution in [2.24, 2.45) is 0 Å². The van der Waals surface area contributed by atoms with E-state index in [1.807, 2.05) is 38.1 Å². The van der Waals surface area contributed by atoms with Crippen molar-refractivity contribution < 1.29 is 14.3 Å². The van der Waals surface area contributed by atoms with Gasteiger partial charge in [-0.25, -0.2) is 0 Å². The number of thiophene rings is 1. The largest absolute Gasteiger partial charge is 0.483 e. The number of hydrogen-bond acceptors (Lipinski definition) is 4. The summed E-state index contributed by atoms with van der Waals surface area (Å²) in [6.45, 7) is 4.11. The van der Waals surface area contributed by atoms with Crippen LogP contribution in [-0.2, 0) is 6.42 Å². The van der Waals surface area contributed by atoms with Gasteiger partial charge in [0.05, 0.1) is 8.66 Å². The van der Waals surface area contributed by atoms with Crippen molar-refractivity contribution >= 4 is 33.0 Å². The van der Waals surface area contributed by atoms with Crippen molar-refractivity contribution in [3.8, 4) is 11.5 Å². The van der Waals surface area contributed by atoms with Crippen molar-refractivity contribution in [2.75, 3.05) is 6.61 Å². The molecular formula is C16H15BrO3S. The monoisotopic (exact) mass is 366 g/mol. The van der Waals surface area contributed by atoms with Crippen LogP contribution in [-0.4, -0.2) is 18.0 Å². The van der Waals surface area contributed by atoms with Gasteiger partial charge >= 0.3 is 0 Å². The van der Waals surface area contributed by atoms with Gasteiger partial charge in [-0.3, -0.25) is 4.79 Å². The third kappa shape index (κ3) is 3.14. The minimum Gasteiger partial charge on any atom is -0.483 e. The van der Waals surface area contributed by atoms with E-state index in [2.05, 4.69) is 15.9 Å². The van der Waals surface area contributed by atoms with Gasteiger partial charge in [0.1, 0.15) is 5.60 Å². The fourth-order valence-electron chi connectivity index (χ4n) is 2.38. The molecule has 3 rings (SSSR count). The zero-order chi connectivity index (χ0) is 15.0. The molecule has 0 saturated heterocycles. The highest BCUT2D eigenvalue weighted by atomic mass is 79.9. The molecule has 0 N–H and O–H groups in total. The molecule has 1 aliphatic heterocycles. The third-order valence-corrected chi connectivity index (χ3v) is 4.93. The second kappa shape index (κ2) is 5.46. The first-order valence-corrected chi connectivity index (χ1v) is 8.28. The number of rotatable bonds is 4. The highest BCUT2D eigenvalue weighted by Gasteiger charge is 2.32. The van der Waals surface area contributed by atoms with Crippen LogP contribution in [0, 0.1) is 0 Å². The van der Waals surface area contributed by atoms with Crippen LogP contribution in [0.25, 0.3) is 0 Å². The van der Waals surface area contributed by atoms with Gasteiger partial charge in [-0.15, -0.1) is 11.3 Å². The van der Waals surface area contributed by atoms with Crippen LogP contribution in [0.15, 0.2) is 34.1 Å². The Balaban J connectivity index is 1.73. The fourth-order valence-corrected chi connectivity index (χ4v) is 3.69. The molecule has 1 aromatic heterocycles. The van der Waals surface area contributed by atoms with Crippen molar-refractivity contribution in [2.45, 2.75) is 25.9 Å². The Kier molecular flexibility index (Phi) is 3.80. The molecule has 0 atom stereocenters. The summed E-state index contributed by atoms with van der Waals surface area (Å²) in [4.78, 5) is 12.8. The summed E-state index contributed by atoms with van der Waals surface area (Å²) in [6.07, 6.45) is 0.853. The molecule has 21 heavy (non-hydrogen) atoms.